The second-order valence-corrected chi connectivity index (χ2v) is 7.27. The Kier molecular flexibility index (Phi) is 5.08. The zero-order valence-corrected chi connectivity index (χ0v) is 13.9. The quantitative estimate of drug-likeness (QED) is 0.829. The lowest BCUT2D eigenvalue weighted by Crippen LogP contribution is -2.37. The Labute approximate surface area is 140 Å². The predicted octanol–water partition coefficient (Wildman–Crippen LogP) is 0.808. The molecule has 24 heavy (non-hydrogen) atoms. The van der Waals surface area contributed by atoms with Gasteiger partial charge in [0.1, 0.15) is 6.61 Å². The highest BCUT2D eigenvalue weighted by Gasteiger charge is 2.21. The minimum atomic E-state index is -3.97. The fourth-order valence-corrected chi connectivity index (χ4v) is 3.89. The van der Waals surface area contributed by atoms with E-state index in [-0.39, 0.29) is 17.6 Å². The molecule has 128 valence electrons. The molecule has 1 fully saturated rings. The molecule has 0 saturated carbocycles. The van der Waals surface area contributed by atoms with Crippen molar-refractivity contribution < 1.29 is 17.9 Å². The molecule has 0 spiro atoms. The number of fused-ring (bicyclic) bond motifs is 1. The van der Waals surface area contributed by atoms with Crippen LogP contribution in [0.5, 0.6) is 0 Å². The Morgan fingerprint density at radius 1 is 1.25 bits per heavy atom. The van der Waals surface area contributed by atoms with Gasteiger partial charge in [0.25, 0.3) is 15.9 Å². The number of sulfonamides is 1. The van der Waals surface area contributed by atoms with E-state index in [1.807, 2.05) is 0 Å². The summed E-state index contributed by atoms with van der Waals surface area (Å²) in [5.74, 6) is -0.672. The zero-order chi connectivity index (χ0) is 17.0. The summed E-state index contributed by atoms with van der Waals surface area (Å²) in [4.78, 5) is 16.1. The first-order valence-corrected chi connectivity index (χ1v) is 9.26. The second-order valence-electron chi connectivity index (χ2n) is 5.62. The minimum Gasteiger partial charge on any atom is -0.368 e. The van der Waals surface area contributed by atoms with E-state index in [2.05, 4.69) is 15.0 Å². The monoisotopic (exact) mass is 349 g/mol. The SMILES string of the molecule is O=C(COC1CCNCC1)NS(=O)(=O)c1cccc2ncccc12. The number of piperidine rings is 1. The maximum Gasteiger partial charge on any atom is 0.264 e. The first-order valence-electron chi connectivity index (χ1n) is 7.78. The average molecular weight is 349 g/mol. The molecule has 0 atom stereocenters. The minimum absolute atomic E-state index is 0.0125. The molecule has 2 aromatic rings. The van der Waals surface area contributed by atoms with Crippen LogP contribution in [0, 0.1) is 0 Å². The molecule has 1 aromatic carbocycles. The maximum absolute atomic E-state index is 12.5. The number of hydrogen-bond donors (Lipinski definition) is 2. The first kappa shape index (κ1) is 16.8. The van der Waals surface area contributed by atoms with E-state index in [9.17, 15) is 13.2 Å². The van der Waals surface area contributed by atoms with E-state index in [1.165, 1.54) is 6.07 Å². The van der Waals surface area contributed by atoms with Gasteiger partial charge in [-0.2, -0.15) is 0 Å². The molecule has 1 aliphatic rings. The summed E-state index contributed by atoms with van der Waals surface area (Å²) in [6, 6.07) is 8.08. The number of nitrogens with one attached hydrogen (secondary N) is 2. The van der Waals surface area contributed by atoms with Crippen LogP contribution in [-0.4, -0.2) is 45.1 Å². The Morgan fingerprint density at radius 2 is 2.04 bits per heavy atom. The van der Waals surface area contributed by atoms with Crippen molar-refractivity contribution in [1.82, 2.24) is 15.0 Å². The lowest BCUT2D eigenvalue weighted by Gasteiger charge is -2.22. The fourth-order valence-electron chi connectivity index (χ4n) is 2.70. The summed E-state index contributed by atoms with van der Waals surface area (Å²) < 4.78 is 32.5. The third-order valence-electron chi connectivity index (χ3n) is 3.88. The normalized spacial score (nSPS) is 16.2. The molecule has 2 N–H and O–H groups in total. The number of rotatable bonds is 5. The molecule has 0 bridgehead atoms. The van der Waals surface area contributed by atoms with Crippen molar-refractivity contribution in [3.05, 3.63) is 36.5 Å². The smallest absolute Gasteiger partial charge is 0.264 e. The Bertz CT molecular complexity index is 827. The van der Waals surface area contributed by atoms with Gasteiger partial charge in [-0.05, 0) is 50.2 Å². The molecule has 1 saturated heterocycles. The molecular weight excluding hydrogens is 330 g/mol. The van der Waals surface area contributed by atoms with Gasteiger partial charge in [-0.15, -0.1) is 0 Å². The van der Waals surface area contributed by atoms with Crippen molar-refractivity contribution in [1.29, 1.82) is 0 Å². The molecule has 0 unspecified atom stereocenters. The molecule has 7 nitrogen and oxygen atoms in total. The van der Waals surface area contributed by atoms with Crippen LogP contribution in [-0.2, 0) is 19.6 Å². The van der Waals surface area contributed by atoms with Gasteiger partial charge in [-0.25, -0.2) is 13.1 Å². The molecule has 8 heteroatoms. The molecule has 2 heterocycles. The van der Waals surface area contributed by atoms with E-state index in [0.29, 0.717) is 10.9 Å². The van der Waals surface area contributed by atoms with Gasteiger partial charge >= 0.3 is 0 Å². The van der Waals surface area contributed by atoms with Gasteiger partial charge in [0.15, 0.2) is 0 Å². The van der Waals surface area contributed by atoms with Gasteiger partial charge in [0.05, 0.1) is 16.5 Å². The highest BCUT2D eigenvalue weighted by Crippen LogP contribution is 2.20. The summed E-state index contributed by atoms with van der Waals surface area (Å²) in [5.41, 5.74) is 0.554. The van der Waals surface area contributed by atoms with Crippen LogP contribution in [0.15, 0.2) is 41.4 Å². The van der Waals surface area contributed by atoms with Gasteiger partial charge in [0, 0.05) is 11.6 Å². The zero-order valence-electron chi connectivity index (χ0n) is 13.1. The summed E-state index contributed by atoms with van der Waals surface area (Å²) in [5, 5.41) is 3.67. The average Bonchev–Trinajstić information content (AvgIpc) is 2.60. The van der Waals surface area contributed by atoms with Crippen molar-refractivity contribution in [2.75, 3.05) is 19.7 Å². The molecule has 0 radical (unpaired) electrons. The van der Waals surface area contributed by atoms with E-state index >= 15 is 0 Å². The van der Waals surface area contributed by atoms with E-state index < -0.39 is 15.9 Å². The number of benzene rings is 1. The summed E-state index contributed by atoms with van der Waals surface area (Å²) >= 11 is 0. The van der Waals surface area contributed by atoms with E-state index in [4.69, 9.17) is 4.74 Å². The first-order chi connectivity index (χ1) is 11.6. The molecule has 1 amide bonds. The van der Waals surface area contributed by atoms with E-state index in [0.717, 1.165) is 25.9 Å². The van der Waals surface area contributed by atoms with Gasteiger partial charge in [-0.3, -0.25) is 9.78 Å². The van der Waals surface area contributed by atoms with Crippen LogP contribution in [0.4, 0.5) is 0 Å². The van der Waals surface area contributed by atoms with Crippen LogP contribution in [0.1, 0.15) is 12.8 Å². The number of ether oxygens (including phenoxy) is 1. The van der Waals surface area contributed by atoms with Crippen molar-refractivity contribution >= 4 is 26.8 Å². The van der Waals surface area contributed by atoms with Crippen molar-refractivity contribution in [3.8, 4) is 0 Å². The van der Waals surface area contributed by atoms with Crippen LogP contribution < -0.4 is 10.0 Å². The molecule has 1 aromatic heterocycles. The third kappa shape index (κ3) is 3.89. The number of aromatic nitrogens is 1. The van der Waals surface area contributed by atoms with Crippen LogP contribution in [0.2, 0.25) is 0 Å². The standard InChI is InChI=1S/C16H19N3O4S/c20-16(11-23-12-6-9-17-10-7-12)19-24(21,22)15-5-1-4-14-13(15)3-2-8-18-14/h1-5,8,12,17H,6-7,9-11H2,(H,19,20). The fraction of sp³-hybridized carbons (Fsp3) is 0.375. The summed E-state index contributed by atoms with van der Waals surface area (Å²) in [6.07, 6.45) is 3.20. The Hall–Kier alpha value is -2.03. The number of amides is 1. The summed E-state index contributed by atoms with van der Waals surface area (Å²) in [6.45, 7) is 1.41. The number of hydrogen-bond acceptors (Lipinski definition) is 6. The number of pyridine rings is 1. The maximum atomic E-state index is 12.5. The lowest BCUT2D eigenvalue weighted by molar-refractivity contribution is -0.126. The highest BCUT2D eigenvalue weighted by atomic mass is 32.2. The van der Waals surface area contributed by atoms with Crippen molar-refractivity contribution in [2.45, 2.75) is 23.8 Å². The Balaban J connectivity index is 1.69. The lowest BCUT2D eigenvalue weighted by atomic mass is 10.1. The van der Waals surface area contributed by atoms with Crippen LogP contribution in [0.3, 0.4) is 0 Å². The molecule has 1 aliphatic heterocycles. The Morgan fingerprint density at radius 3 is 2.83 bits per heavy atom. The molecular formula is C16H19N3O4S. The molecule has 0 aliphatic carbocycles. The summed E-state index contributed by atoms with van der Waals surface area (Å²) in [7, 11) is -3.97. The van der Waals surface area contributed by atoms with Crippen LogP contribution in [0.25, 0.3) is 10.9 Å². The number of carbonyl (C=O) groups excluding carboxylic acids is 1. The third-order valence-corrected chi connectivity index (χ3v) is 5.31. The van der Waals surface area contributed by atoms with E-state index in [1.54, 1.807) is 30.5 Å². The van der Waals surface area contributed by atoms with Crippen molar-refractivity contribution in [2.24, 2.45) is 0 Å². The van der Waals surface area contributed by atoms with Gasteiger partial charge in [-0.1, -0.05) is 6.07 Å². The number of nitrogens with zero attached hydrogens (tertiary/aromatic N) is 1. The van der Waals surface area contributed by atoms with Gasteiger partial charge < -0.3 is 10.1 Å². The largest absolute Gasteiger partial charge is 0.368 e. The van der Waals surface area contributed by atoms with Crippen molar-refractivity contribution in [3.63, 3.8) is 0 Å². The highest BCUT2D eigenvalue weighted by molar-refractivity contribution is 7.90. The topological polar surface area (TPSA) is 97.4 Å². The molecule has 3 rings (SSSR count). The van der Waals surface area contributed by atoms with Gasteiger partial charge in [0.2, 0.25) is 0 Å². The predicted molar refractivity (Wildman–Crippen MR) is 88.9 cm³/mol. The van der Waals surface area contributed by atoms with Crippen LogP contribution >= 0.6 is 0 Å². The second kappa shape index (κ2) is 7.25. The number of carbonyl (C=O) groups is 1.